The number of ether oxygens (including phenoxy) is 1. The van der Waals surface area contributed by atoms with Gasteiger partial charge in [0.1, 0.15) is 18.1 Å². The molecule has 0 radical (unpaired) electrons. The Morgan fingerprint density at radius 3 is 2.61 bits per heavy atom. The number of halogens is 4. The lowest BCUT2D eigenvalue weighted by molar-refractivity contribution is -0.137. The standard InChI is InChI=1S/C20H20F4N2O2/c1-4-26(3)12-25-18-8-13(2)16(10-17(18)21)19(27)28-11-14-6-5-7-15(9-14)20(22,23)24/h5-10,12H,4,11H2,1-3H3. The third-order valence-corrected chi connectivity index (χ3v) is 4.03. The number of benzene rings is 2. The van der Waals surface area contributed by atoms with E-state index in [4.69, 9.17) is 4.74 Å². The van der Waals surface area contributed by atoms with Crippen LogP contribution in [0.5, 0.6) is 0 Å². The molecule has 0 aliphatic carbocycles. The van der Waals surface area contributed by atoms with E-state index in [9.17, 15) is 22.4 Å². The van der Waals surface area contributed by atoms with E-state index in [2.05, 4.69) is 4.99 Å². The van der Waals surface area contributed by atoms with Crippen molar-refractivity contribution in [2.24, 2.45) is 4.99 Å². The highest BCUT2D eigenvalue weighted by molar-refractivity contribution is 5.91. The second-order valence-electron chi connectivity index (χ2n) is 6.21. The van der Waals surface area contributed by atoms with Crippen LogP contribution in [-0.2, 0) is 17.5 Å². The molecule has 0 saturated heterocycles. The van der Waals surface area contributed by atoms with Gasteiger partial charge in [-0.3, -0.25) is 0 Å². The van der Waals surface area contributed by atoms with Crippen LogP contribution in [0, 0.1) is 12.7 Å². The van der Waals surface area contributed by atoms with E-state index < -0.39 is 23.5 Å². The highest BCUT2D eigenvalue weighted by Crippen LogP contribution is 2.30. The topological polar surface area (TPSA) is 41.9 Å². The van der Waals surface area contributed by atoms with E-state index in [0.717, 1.165) is 18.2 Å². The summed E-state index contributed by atoms with van der Waals surface area (Å²) in [5, 5.41) is 0. The van der Waals surface area contributed by atoms with Crippen LogP contribution in [-0.4, -0.2) is 30.8 Å². The van der Waals surface area contributed by atoms with Crippen LogP contribution in [0.1, 0.15) is 34.0 Å². The zero-order chi connectivity index (χ0) is 20.9. The molecule has 0 unspecified atom stereocenters. The number of carbonyl (C=O) groups excluding carboxylic acids is 1. The largest absolute Gasteiger partial charge is 0.457 e. The molecule has 0 saturated carbocycles. The number of carbonyl (C=O) groups is 1. The van der Waals surface area contributed by atoms with Gasteiger partial charge in [0, 0.05) is 13.6 Å². The maximum Gasteiger partial charge on any atom is 0.416 e. The molecule has 0 heterocycles. The number of aliphatic imine (C=N–C) groups is 1. The van der Waals surface area contributed by atoms with Crippen molar-refractivity contribution in [1.29, 1.82) is 0 Å². The maximum atomic E-state index is 14.2. The van der Waals surface area contributed by atoms with Crippen LogP contribution in [0.4, 0.5) is 23.2 Å². The van der Waals surface area contributed by atoms with Crippen molar-refractivity contribution in [3.05, 3.63) is 64.5 Å². The maximum absolute atomic E-state index is 14.2. The van der Waals surface area contributed by atoms with Crippen LogP contribution in [0.25, 0.3) is 0 Å². The Morgan fingerprint density at radius 1 is 1.25 bits per heavy atom. The molecule has 0 aliphatic rings. The minimum absolute atomic E-state index is 0.00716. The molecule has 0 fully saturated rings. The Bertz CT molecular complexity index is 879. The first-order valence-corrected chi connectivity index (χ1v) is 8.49. The number of alkyl halides is 3. The normalized spacial score (nSPS) is 11.7. The number of aryl methyl sites for hydroxylation is 1. The second-order valence-corrected chi connectivity index (χ2v) is 6.21. The van der Waals surface area contributed by atoms with E-state index in [1.165, 1.54) is 24.5 Å². The second kappa shape index (κ2) is 8.86. The molecule has 2 aromatic rings. The smallest absolute Gasteiger partial charge is 0.416 e. The predicted molar refractivity (Wildman–Crippen MR) is 98.2 cm³/mol. The Labute approximate surface area is 160 Å². The van der Waals surface area contributed by atoms with E-state index >= 15 is 0 Å². The van der Waals surface area contributed by atoms with Gasteiger partial charge >= 0.3 is 12.1 Å². The monoisotopic (exact) mass is 396 g/mol. The minimum Gasteiger partial charge on any atom is -0.457 e. The molecule has 0 aliphatic heterocycles. The van der Waals surface area contributed by atoms with Gasteiger partial charge in [-0.25, -0.2) is 14.2 Å². The van der Waals surface area contributed by atoms with Gasteiger partial charge in [0.15, 0.2) is 0 Å². The Morgan fingerprint density at radius 2 is 1.96 bits per heavy atom. The molecule has 0 N–H and O–H groups in total. The van der Waals surface area contributed by atoms with Crippen molar-refractivity contribution >= 4 is 18.0 Å². The molecular weight excluding hydrogens is 376 g/mol. The van der Waals surface area contributed by atoms with Crippen molar-refractivity contribution in [1.82, 2.24) is 4.90 Å². The summed E-state index contributed by atoms with van der Waals surface area (Å²) in [5.74, 6) is -1.52. The molecule has 28 heavy (non-hydrogen) atoms. The third-order valence-electron chi connectivity index (χ3n) is 4.03. The lowest BCUT2D eigenvalue weighted by Crippen LogP contribution is -2.14. The van der Waals surface area contributed by atoms with Crippen molar-refractivity contribution in [2.45, 2.75) is 26.6 Å². The predicted octanol–water partition coefficient (Wildman–Crippen LogP) is 5.12. The van der Waals surface area contributed by atoms with Crippen molar-refractivity contribution in [2.75, 3.05) is 13.6 Å². The summed E-state index contributed by atoms with van der Waals surface area (Å²) in [6.45, 7) is 3.86. The van der Waals surface area contributed by atoms with Gasteiger partial charge in [0.25, 0.3) is 0 Å². The van der Waals surface area contributed by atoms with Crippen molar-refractivity contribution in [3.63, 3.8) is 0 Å². The summed E-state index contributed by atoms with van der Waals surface area (Å²) in [5.41, 5.74) is -0.131. The average molecular weight is 396 g/mol. The fourth-order valence-electron chi connectivity index (χ4n) is 2.29. The first-order chi connectivity index (χ1) is 13.1. The van der Waals surface area contributed by atoms with Crippen LogP contribution in [0.2, 0.25) is 0 Å². The zero-order valence-corrected chi connectivity index (χ0v) is 15.7. The zero-order valence-electron chi connectivity index (χ0n) is 15.7. The quantitative estimate of drug-likeness (QED) is 0.295. The summed E-state index contributed by atoms with van der Waals surface area (Å²) in [6.07, 6.45) is -3.01. The van der Waals surface area contributed by atoms with Gasteiger partial charge in [-0.15, -0.1) is 0 Å². The van der Waals surface area contributed by atoms with Gasteiger partial charge < -0.3 is 9.64 Å². The van der Waals surface area contributed by atoms with Gasteiger partial charge in [0.2, 0.25) is 0 Å². The molecule has 4 nitrogen and oxygen atoms in total. The van der Waals surface area contributed by atoms with Crippen molar-refractivity contribution < 1.29 is 27.1 Å². The summed E-state index contributed by atoms with van der Waals surface area (Å²) in [6, 6.07) is 6.91. The number of hydrogen-bond donors (Lipinski definition) is 0. The highest BCUT2D eigenvalue weighted by Gasteiger charge is 2.30. The summed E-state index contributed by atoms with van der Waals surface area (Å²) in [4.78, 5) is 18.0. The molecule has 0 aromatic heterocycles. The number of nitrogens with zero attached hydrogens (tertiary/aromatic N) is 2. The molecule has 0 spiro atoms. The minimum atomic E-state index is -4.48. The SMILES string of the molecule is CCN(C)C=Nc1cc(C)c(C(=O)OCc2cccc(C(F)(F)F)c2)cc1F. The molecule has 8 heteroatoms. The van der Waals surface area contributed by atoms with Gasteiger partial charge in [-0.2, -0.15) is 13.2 Å². The molecule has 0 amide bonds. The first kappa shape index (κ1) is 21.4. The lowest BCUT2D eigenvalue weighted by Gasteiger charge is -2.11. The number of esters is 1. The van der Waals surface area contributed by atoms with Crippen LogP contribution in [0.3, 0.4) is 0 Å². The Hall–Kier alpha value is -2.90. The number of hydrogen-bond acceptors (Lipinski definition) is 3. The van der Waals surface area contributed by atoms with Crippen LogP contribution in [0.15, 0.2) is 41.4 Å². The molecular formula is C20H20F4N2O2. The van der Waals surface area contributed by atoms with E-state index in [1.54, 1.807) is 18.9 Å². The molecule has 2 aromatic carbocycles. The fraction of sp³-hybridized carbons (Fsp3) is 0.300. The van der Waals surface area contributed by atoms with Crippen LogP contribution < -0.4 is 0 Å². The van der Waals surface area contributed by atoms with Crippen LogP contribution >= 0.6 is 0 Å². The molecule has 2 rings (SSSR count). The Kier molecular flexibility index (Phi) is 6.77. The lowest BCUT2D eigenvalue weighted by atomic mass is 10.1. The van der Waals surface area contributed by atoms with E-state index in [-0.39, 0.29) is 23.4 Å². The Balaban J connectivity index is 2.13. The van der Waals surface area contributed by atoms with Gasteiger partial charge in [-0.05, 0) is 49.2 Å². The summed E-state index contributed by atoms with van der Waals surface area (Å²) in [7, 11) is 1.79. The van der Waals surface area contributed by atoms with E-state index in [1.807, 2.05) is 6.92 Å². The summed E-state index contributed by atoms with van der Waals surface area (Å²) < 4.78 is 57.5. The third kappa shape index (κ3) is 5.55. The highest BCUT2D eigenvalue weighted by atomic mass is 19.4. The number of rotatable bonds is 6. The fourth-order valence-corrected chi connectivity index (χ4v) is 2.29. The van der Waals surface area contributed by atoms with Gasteiger partial charge in [-0.1, -0.05) is 12.1 Å². The van der Waals surface area contributed by atoms with E-state index in [0.29, 0.717) is 12.1 Å². The van der Waals surface area contributed by atoms with Crippen molar-refractivity contribution in [3.8, 4) is 0 Å². The molecule has 150 valence electrons. The molecule has 0 bridgehead atoms. The van der Waals surface area contributed by atoms with Gasteiger partial charge in [0.05, 0.1) is 17.5 Å². The summed E-state index contributed by atoms with van der Waals surface area (Å²) >= 11 is 0. The molecule has 0 atom stereocenters. The first-order valence-electron chi connectivity index (χ1n) is 8.49. The average Bonchev–Trinajstić information content (AvgIpc) is 2.65.